The predicted octanol–water partition coefficient (Wildman–Crippen LogP) is 2.73. The fraction of sp³-hybridized carbons (Fsp3) is 0.333. The maximum atomic E-state index is 12.4. The second-order valence-electron chi connectivity index (χ2n) is 6.88. The molecule has 7 nitrogen and oxygen atoms in total. The van der Waals surface area contributed by atoms with Crippen LogP contribution in [0.1, 0.15) is 29.6 Å². The molecule has 29 heavy (non-hydrogen) atoms. The van der Waals surface area contributed by atoms with Crippen LogP contribution in [0.4, 0.5) is 5.82 Å². The minimum atomic E-state index is -0.190. The first-order chi connectivity index (χ1) is 14.0. The molecule has 2 heterocycles. The van der Waals surface area contributed by atoms with E-state index in [1.807, 2.05) is 6.07 Å². The molecule has 0 radical (unpaired) electrons. The second kappa shape index (κ2) is 10.0. The molecule has 0 spiro atoms. The highest BCUT2D eigenvalue weighted by Crippen LogP contribution is 2.20. The standard InChI is InChI=1S/C21H23ClN4O3/c22-17-6-7-18(24-14-17)25-21(29)16-9-12-26(13-10-16)19(27)8-11-23-20(28)15-4-2-1-3-5-15/h1-7,14,16H,8-13H2,(H,23,28)(H,24,25,29). The Balaban J connectivity index is 1.38. The van der Waals surface area contributed by atoms with Gasteiger partial charge in [0.2, 0.25) is 11.8 Å². The summed E-state index contributed by atoms with van der Waals surface area (Å²) in [6.07, 6.45) is 2.92. The number of pyridine rings is 1. The van der Waals surface area contributed by atoms with E-state index < -0.39 is 0 Å². The molecule has 3 rings (SSSR count). The van der Waals surface area contributed by atoms with Crippen LogP contribution in [0.25, 0.3) is 0 Å². The highest BCUT2D eigenvalue weighted by Gasteiger charge is 2.27. The number of piperidine rings is 1. The van der Waals surface area contributed by atoms with E-state index in [4.69, 9.17) is 11.6 Å². The number of amides is 3. The number of hydrogen-bond acceptors (Lipinski definition) is 4. The topological polar surface area (TPSA) is 91.4 Å². The maximum absolute atomic E-state index is 12.4. The van der Waals surface area contributed by atoms with Gasteiger partial charge >= 0.3 is 0 Å². The van der Waals surface area contributed by atoms with Crippen molar-refractivity contribution in [1.29, 1.82) is 0 Å². The fourth-order valence-electron chi connectivity index (χ4n) is 3.20. The van der Waals surface area contributed by atoms with E-state index in [1.54, 1.807) is 41.3 Å². The first-order valence-corrected chi connectivity index (χ1v) is 9.94. The SMILES string of the molecule is O=C(NCCC(=O)N1CCC(C(=O)Nc2ccc(Cl)cn2)CC1)c1ccccc1. The van der Waals surface area contributed by atoms with E-state index in [9.17, 15) is 14.4 Å². The molecule has 2 N–H and O–H groups in total. The summed E-state index contributed by atoms with van der Waals surface area (Å²) in [6, 6.07) is 12.2. The van der Waals surface area contributed by atoms with Gasteiger partial charge in [0.05, 0.1) is 5.02 Å². The number of hydrogen-bond donors (Lipinski definition) is 2. The van der Waals surface area contributed by atoms with Crippen molar-refractivity contribution in [2.45, 2.75) is 19.3 Å². The summed E-state index contributed by atoms with van der Waals surface area (Å²) < 4.78 is 0. The van der Waals surface area contributed by atoms with Crippen molar-refractivity contribution in [3.8, 4) is 0 Å². The van der Waals surface area contributed by atoms with Crippen molar-refractivity contribution < 1.29 is 14.4 Å². The number of anilines is 1. The third kappa shape index (κ3) is 6.02. The number of carbonyl (C=O) groups is 3. The van der Waals surface area contributed by atoms with Crippen LogP contribution in [0, 0.1) is 5.92 Å². The van der Waals surface area contributed by atoms with Gasteiger partial charge in [-0.25, -0.2) is 4.98 Å². The van der Waals surface area contributed by atoms with Gasteiger partial charge < -0.3 is 15.5 Å². The number of carbonyl (C=O) groups excluding carboxylic acids is 3. The van der Waals surface area contributed by atoms with Crippen molar-refractivity contribution in [1.82, 2.24) is 15.2 Å². The molecule has 0 atom stereocenters. The molecule has 1 aromatic heterocycles. The van der Waals surface area contributed by atoms with E-state index in [0.717, 1.165) is 0 Å². The first-order valence-electron chi connectivity index (χ1n) is 9.56. The third-order valence-electron chi connectivity index (χ3n) is 4.86. The Labute approximate surface area is 174 Å². The van der Waals surface area contributed by atoms with Crippen molar-refractivity contribution >= 4 is 35.1 Å². The molecule has 0 saturated carbocycles. The number of nitrogens with one attached hydrogen (secondary N) is 2. The molecule has 2 aromatic rings. The Morgan fingerprint density at radius 1 is 1.07 bits per heavy atom. The molecule has 1 saturated heterocycles. The lowest BCUT2D eigenvalue weighted by atomic mass is 9.95. The smallest absolute Gasteiger partial charge is 0.251 e. The summed E-state index contributed by atoms with van der Waals surface area (Å²) in [5.74, 6) is 0.00426. The van der Waals surface area contributed by atoms with Gasteiger partial charge in [-0.05, 0) is 37.1 Å². The van der Waals surface area contributed by atoms with Crippen LogP contribution in [0.3, 0.4) is 0 Å². The van der Waals surface area contributed by atoms with Gasteiger partial charge in [0.15, 0.2) is 0 Å². The van der Waals surface area contributed by atoms with Gasteiger partial charge in [0.25, 0.3) is 5.91 Å². The van der Waals surface area contributed by atoms with Crippen molar-refractivity contribution in [2.75, 3.05) is 25.0 Å². The normalized spacial score (nSPS) is 14.3. The molecule has 1 fully saturated rings. The summed E-state index contributed by atoms with van der Waals surface area (Å²) in [6.45, 7) is 1.34. The van der Waals surface area contributed by atoms with E-state index in [2.05, 4.69) is 15.6 Å². The van der Waals surface area contributed by atoms with Crippen LogP contribution in [0.15, 0.2) is 48.7 Å². The molecular weight excluding hydrogens is 392 g/mol. The van der Waals surface area contributed by atoms with Crippen LogP contribution in [0.2, 0.25) is 5.02 Å². The van der Waals surface area contributed by atoms with Gasteiger partial charge in [-0.2, -0.15) is 0 Å². The highest BCUT2D eigenvalue weighted by atomic mass is 35.5. The summed E-state index contributed by atoms with van der Waals surface area (Å²) in [5.41, 5.74) is 0.571. The molecule has 8 heteroatoms. The average Bonchev–Trinajstić information content (AvgIpc) is 2.76. The number of rotatable bonds is 6. The van der Waals surface area contributed by atoms with Gasteiger partial charge in [-0.15, -0.1) is 0 Å². The number of nitrogens with zero attached hydrogens (tertiary/aromatic N) is 2. The molecule has 3 amide bonds. The van der Waals surface area contributed by atoms with E-state index in [1.165, 1.54) is 6.20 Å². The largest absolute Gasteiger partial charge is 0.352 e. The fourth-order valence-corrected chi connectivity index (χ4v) is 3.31. The molecule has 1 aromatic carbocycles. The molecule has 1 aliphatic heterocycles. The summed E-state index contributed by atoms with van der Waals surface area (Å²) in [5, 5.41) is 6.05. The Morgan fingerprint density at radius 2 is 1.79 bits per heavy atom. The van der Waals surface area contributed by atoms with Crippen LogP contribution in [-0.2, 0) is 9.59 Å². The van der Waals surface area contributed by atoms with Crippen molar-refractivity contribution in [3.05, 3.63) is 59.2 Å². The predicted molar refractivity (Wildman–Crippen MR) is 111 cm³/mol. The van der Waals surface area contributed by atoms with Crippen LogP contribution >= 0.6 is 11.6 Å². The monoisotopic (exact) mass is 414 g/mol. The van der Waals surface area contributed by atoms with Gasteiger partial charge in [-0.3, -0.25) is 14.4 Å². The van der Waals surface area contributed by atoms with Crippen LogP contribution < -0.4 is 10.6 Å². The van der Waals surface area contributed by atoms with Crippen LogP contribution in [0.5, 0.6) is 0 Å². The minimum absolute atomic E-state index is 0.0170. The third-order valence-corrected chi connectivity index (χ3v) is 5.08. The molecule has 0 bridgehead atoms. The molecule has 1 aliphatic rings. The Bertz CT molecular complexity index is 850. The van der Waals surface area contributed by atoms with E-state index >= 15 is 0 Å². The maximum Gasteiger partial charge on any atom is 0.251 e. The zero-order valence-electron chi connectivity index (χ0n) is 15.9. The van der Waals surface area contributed by atoms with Crippen molar-refractivity contribution in [3.63, 3.8) is 0 Å². The van der Waals surface area contributed by atoms with Crippen LogP contribution in [-0.4, -0.2) is 47.2 Å². The Hall–Kier alpha value is -2.93. The second-order valence-corrected chi connectivity index (χ2v) is 7.31. The number of likely N-dealkylation sites (tertiary alicyclic amines) is 1. The van der Waals surface area contributed by atoms with Gasteiger partial charge in [-0.1, -0.05) is 29.8 Å². The van der Waals surface area contributed by atoms with Gasteiger partial charge in [0, 0.05) is 43.7 Å². The zero-order valence-corrected chi connectivity index (χ0v) is 16.7. The summed E-state index contributed by atoms with van der Waals surface area (Å²) >= 11 is 5.79. The lowest BCUT2D eigenvalue weighted by Crippen LogP contribution is -2.42. The number of aromatic nitrogens is 1. The van der Waals surface area contributed by atoms with Gasteiger partial charge in [0.1, 0.15) is 5.82 Å². The first kappa shape index (κ1) is 20.8. The zero-order chi connectivity index (χ0) is 20.6. The minimum Gasteiger partial charge on any atom is -0.352 e. The van der Waals surface area contributed by atoms with Crippen molar-refractivity contribution in [2.24, 2.45) is 5.92 Å². The number of halogens is 1. The summed E-state index contributed by atoms with van der Waals surface area (Å²) in [4.78, 5) is 42.6. The molecule has 0 unspecified atom stereocenters. The molecule has 152 valence electrons. The molecular formula is C21H23ClN4O3. The lowest BCUT2D eigenvalue weighted by molar-refractivity contribution is -0.134. The Morgan fingerprint density at radius 3 is 2.45 bits per heavy atom. The molecule has 0 aliphatic carbocycles. The quantitative estimate of drug-likeness (QED) is 0.760. The number of benzene rings is 1. The Kier molecular flexibility index (Phi) is 7.19. The van der Waals surface area contributed by atoms with E-state index in [-0.39, 0.29) is 36.6 Å². The highest BCUT2D eigenvalue weighted by molar-refractivity contribution is 6.30. The average molecular weight is 415 g/mol. The lowest BCUT2D eigenvalue weighted by Gasteiger charge is -2.31. The summed E-state index contributed by atoms with van der Waals surface area (Å²) in [7, 11) is 0. The van der Waals surface area contributed by atoms with E-state index in [0.29, 0.717) is 42.3 Å².